The Morgan fingerprint density at radius 3 is 2.94 bits per heavy atom. The Hall–Kier alpha value is -0.680. The Kier molecular flexibility index (Phi) is 7.93. The molecular weight excluding hydrogens is 262 g/mol. The van der Waals surface area contributed by atoms with Crippen LogP contribution in [0.2, 0.25) is 0 Å². The summed E-state index contributed by atoms with van der Waals surface area (Å²) in [4.78, 5) is 4.63. The van der Waals surface area contributed by atoms with Gasteiger partial charge in [0.2, 0.25) is 0 Å². The van der Waals surface area contributed by atoms with Crippen molar-refractivity contribution < 1.29 is 0 Å². The van der Waals surface area contributed by atoms with E-state index in [1.807, 2.05) is 11.8 Å². The first-order chi connectivity index (χ1) is 8.77. The van der Waals surface area contributed by atoms with Crippen LogP contribution in [0, 0.1) is 0 Å². The molecule has 0 bridgehead atoms. The summed E-state index contributed by atoms with van der Waals surface area (Å²) >= 11 is 3.59. The van der Waals surface area contributed by atoms with E-state index < -0.39 is 0 Å². The summed E-state index contributed by atoms with van der Waals surface area (Å²) in [5.41, 5.74) is 1.38. The Labute approximate surface area is 118 Å². The predicted octanol–water partition coefficient (Wildman–Crippen LogP) is 2.77. The first-order valence-corrected chi connectivity index (χ1v) is 8.64. The summed E-state index contributed by atoms with van der Waals surface area (Å²) in [5, 5.41) is 10.9. The van der Waals surface area contributed by atoms with Gasteiger partial charge in [0.1, 0.15) is 0 Å². The number of nitrogens with one attached hydrogen (secondary N) is 2. The highest BCUT2D eigenvalue weighted by Crippen LogP contribution is 2.18. The summed E-state index contributed by atoms with van der Waals surface area (Å²) in [7, 11) is 0. The third-order valence-corrected chi connectivity index (χ3v) is 3.89. The van der Waals surface area contributed by atoms with Crippen molar-refractivity contribution in [2.45, 2.75) is 19.8 Å². The lowest BCUT2D eigenvalue weighted by atomic mass is 10.1. The van der Waals surface area contributed by atoms with Gasteiger partial charge in [-0.3, -0.25) is 4.99 Å². The normalized spacial score (nSPS) is 13.4. The van der Waals surface area contributed by atoms with Crippen molar-refractivity contribution in [2.24, 2.45) is 4.99 Å². The van der Waals surface area contributed by atoms with Crippen LogP contribution in [-0.2, 0) is 0 Å². The molecule has 18 heavy (non-hydrogen) atoms. The van der Waals surface area contributed by atoms with Gasteiger partial charge in [0, 0.05) is 31.3 Å². The number of rotatable bonds is 7. The van der Waals surface area contributed by atoms with E-state index in [9.17, 15) is 0 Å². The lowest BCUT2D eigenvalue weighted by Crippen LogP contribution is -2.38. The van der Waals surface area contributed by atoms with Gasteiger partial charge >= 0.3 is 0 Å². The number of guanidine groups is 1. The first-order valence-electron chi connectivity index (χ1n) is 6.31. The van der Waals surface area contributed by atoms with Crippen molar-refractivity contribution in [3.05, 3.63) is 22.4 Å². The SMILES string of the molecule is CCNC(=NCC(C)c1ccsc1)NCCSC. The number of nitrogens with zero attached hydrogens (tertiary/aromatic N) is 1. The quantitative estimate of drug-likeness (QED) is 0.459. The summed E-state index contributed by atoms with van der Waals surface area (Å²) in [6, 6.07) is 2.18. The van der Waals surface area contributed by atoms with E-state index in [1.54, 1.807) is 11.3 Å². The van der Waals surface area contributed by atoms with E-state index in [-0.39, 0.29) is 0 Å². The van der Waals surface area contributed by atoms with E-state index in [0.29, 0.717) is 5.92 Å². The second-order valence-electron chi connectivity index (χ2n) is 4.10. The zero-order valence-corrected chi connectivity index (χ0v) is 13.0. The van der Waals surface area contributed by atoms with Gasteiger partial charge in [0.25, 0.3) is 0 Å². The molecule has 1 rings (SSSR count). The third-order valence-electron chi connectivity index (χ3n) is 2.58. The minimum Gasteiger partial charge on any atom is -0.357 e. The maximum atomic E-state index is 4.63. The smallest absolute Gasteiger partial charge is 0.191 e. The molecule has 0 fully saturated rings. The number of thioether (sulfide) groups is 1. The Bertz CT molecular complexity index is 336. The minimum atomic E-state index is 0.479. The maximum absolute atomic E-state index is 4.63. The number of aliphatic imine (C=N–C) groups is 1. The first kappa shape index (κ1) is 15.4. The fraction of sp³-hybridized carbons (Fsp3) is 0.615. The molecule has 0 saturated carbocycles. The molecule has 102 valence electrons. The van der Waals surface area contributed by atoms with Crippen LogP contribution < -0.4 is 10.6 Å². The number of hydrogen-bond donors (Lipinski definition) is 2. The molecule has 0 amide bonds. The average molecular weight is 285 g/mol. The van der Waals surface area contributed by atoms with Gasteiger partial charge in [0.15, 0.2) is 5.96 Å². The molecule has 1 unspecified atom stereocenters. The maximum Gasteiger partial charge on any atom is 0.191 e. The number of hydrogen-bond acceptors (Lipinski definition) is 3. The van der Waals surface area contributed by atoms with Crippen molar-refractivity contribution in [1.82, 2.24) is 10.6 Å². The number of thiophene rings is 1. The Morgan fingerprint density at radius 2 is 2.33 bits per heavy atom. The molecule has 0 aliphatic carbocycles. The second kappa shape index (κ2) is 9.28. The molecule has 0 aliphatic heterocycles. The monoisotopic (exact) mass is 285 g/mol. The molecule has 1 atom stereocenters. The van der Waals surface area contributed by atoms with Gasteiger partial charge in [0.05, 0.1) is 0 Å². The van der Waals surface area contributed by atoms with Crippen LogP contribution in [0.15, 0.2) is 21.8 Å². The van der Waals surface area contributed by atoms with Crippen LogP contribution in [0.25, 0.3) is 0 Å². The summed E-state index contributed by atoms with van der Waals surface area (Å²) in [6.07, 6.45) is 2.12. The fourth-order valence-corrected chi connectivity index (χ4v) is 2.59. The summed E-state index contributed by atoms with van der Waals surface area (Å²) in [6.45, 7) is 6.99. The van der Waals surface area contributed by atoms with Gasteiger partial charge in [-0.15, -0.1) is 0 Å². The highest BCUT2D eigenvalue weighted by atomic mass is 32.2. The van der Waals surface area contributed by atoms with E-state index in [4.69, 9.17) is 0 Å². The summed E-state index contributed by atoms with van der Waals surface area (Å²) in [5.74, 6) is 2.51. The largest absolute Gasteiger partial charge is 0.357 e. The molecule has 0 saturated heterocycles. The topological polar surface area (TPSA) is 36.4 Å². The molecule has 3 nitrogen and oxygen atoms in total. The van der Waals surface area contributed by atoms with E-state index in [2.05, 4.69) is 52.6 Å². The van der Waals surface area contributed by atoms with Gasteiger partial charge < -0.3 is 10.6 Å². The standard InChI is InChI=1S/C13H23N3S2/c1-4-14-13(15-6-8-17-3)16-9-11(2)12-5-7-18-10-12/h5,7,10-11H,4,6,8-9H2,1-3H3,(H2,14,15,16). The molecular formula is C13H23N3S2. The zero-order chi connectivity index (χ0) is 13.2. The molecule has 1 aromatic rings. The average Bonchev–Trinajstić information content (AvgIpc) is 2.89. The van der Waals surface area contributed by atoms with Crippen molar-refractivity contribution in [1.29, 1.82) is 0 Å². The zero-order valence-electron chi connectivity index (χ0n) is 11.4. The van der Waals surface area contributed by atoms with Crippen molar-refractivity contribution >= 4 is 29.1 Å². The van der Waals surface area contributed by atoms with Crippen molar-refractivity contribution in [3.8, 4) is 0 Å². The van der Waals surface area contributed by atoms with Crippen LogP contribution in [0.4, 0.5) is 0 Å². The van der Waals surface area contributed by atoms with Crippen LogP contribution in [-0.4, -0.2) is 37.6 Å². The van der Waals surface area contributed by atoms with Crippen molar-refractivity contribution in [2.75, 3.05) is 31.6 Å². The highest BCUT2D eigenvalue weighted by Gasteiger charge is 2.05. The van der Waals surface area contributed by atoms with Gasteiger partial charge in [-0.1, -0.05) is 6.92 Å². The molecule has 2 N–H and O–H groups in total. The molecule has 1 aromatic heterocycles. The van der Waals surface area contributed by atoms with Crippen LogP contribution in [0.3, 0.4) is 0 Å². The summed E-state index contributed by atoms with van der Waals surface area (Å²) < 4.78 is 0. The molecule has 0 spiro atoms. The third kappa shape index (κ3) is 5.78. The van der Waals surface area contributed by atoms with Gasteiger partial charge in [-0.2, -0.15) is 23.1 Å². The Morgan fingerprint density at radius 1 is 1.50 bits per heavy atom. The highest BCUT2D eigenvalue weighted by molar-refractivity contribution is 7.98. The lowest BCUT2D eigenvalue weighted by molar-refractivity contribution is 0.757. The predicted molar refractivity (Wildman–Crippen MR) is 85.1 cm³/mol. The van der Waals surface area contributed by atoms with E-state index >= 15 is 0 Å². The van der Waals surface area contributed by atoms with Crippen LogP contribution >= 0.6 is 23.1 Å². The minimum absolute atomic E-state index is 0.479. The lowest BCUT2D eigenvalue weighted by Gasteiger charge is -2.12. The van der Waals surface area contributed by atoms with Gasteiger partial charge in [-0.25, -0.2) is 0 Å². The fourth-order valence-electron chi connectivity index (χ4n) is 1.50. The molecule has 5 heteroatoms. The molecule has 0 radical (unpaired) electrons. The second-order valence-corrected chi connectivity index (χ2v) is 5.86. The molecule has 0 aliphatic rings. The van der Waals surface area contributed by atoms with Crippen LogP contribution in [0.5, 0.6) is 0 Å². The van der Waals surface area contributed by atoms with Crippen LogP contribution in [0.1, 0.15) is 25.3 Å². The molecule has 0 aromatic carbocycles. The van der Waals surface area contributed by atoms with E-state index in [0.717, 1.165) is 31.3 Å². The van der Waals surface area contributed by atoms with Crippen molar-refractivity contribution in [3.63, 3.8) is 0 Å². The Balaban J connectivity index is 2.43. The molecule has 1 heterocycles. The van der Waals surface area contributed by atoms with E-state index in [1.165, 1.54) is 5.56 Å². The van der Waals surface area contributed by atoms with Gasteiger partial charge in [-0.05, 0) is 35.6 Å².